The predicted molar refractivity (Wildman–Crippen MR) is 128 cm³/mol. The molecule has 4 heterocycles. The van der Waals surface area contributed by atoms with Gasteiger partial charge in [0, 0.05) is 37.5 Å². The summed E-state index contributed by atoms with van der Waals surface area (Å²) in [5, 5.41) is 32.6. The number of nitrogens with zero attached hydrogens (tertiary/aromatic N) is 9. The minimum atomic E-state index is -2.96. The van der Waals surface area contributed by atoms with E-state index in [0.717, 1.165) is 5.69 Å². The van der Waals surface area contributed by atoms with Gasteiger partial charge in [-0.3, -0.25) is 9.36 Å². The molecular formula is C23H19ClF3N9O2. The molecule has 1 aromatic carbocycles. The fourth-order valence-corrected chi connectivity index (χ4v) is 4.32. The lowest BCUT2D eigenvalue weighted by molar-refractivity contribution is -0.615. The third-order valence-corrected chi connectivity index (χ3v) is 6.21. The molecule has 0 bridgehead atoms. The normalized spacial score (nSPS) is 12.4. The molecule has 5 rings (SSSR count). The van der Waals surface area contributed by atoms with Gasteiger partial charge in [-0.25, -0.2) is 4.39 Å². The zero-order chi connectivity index (χ0) is 26.8. The Morgan fingerprint density at radius 2 is 1.97 bits per heavy atom. The molecular weight excluding hydrogens is 527 g/mol. The lowest BCUT2D eigenvalue weighted by Crippen LogP contribution is -2.36. The first-order valence-corrected chi connectivity index (χ1v) is 11.6. The first-order valence-electron chi connectivity index (χ1n) is 11.2. The number of benzene rings is 1. The summed E-state index contributed by atoms with van der Waals surface area (Å²) in [4.78, 5) is 0. The average Bonchev–Trinajstić information content (AvgIpc) is 3.66. The predicted octanol–water partition coefficient (Wildman–Crippen LogP) is 3.57. The largest absolute Gasteiger partial charge is 0.618 e. The molecule has 11 nitrogen and oxygen atoms in total. The summed E-state index contributed by atoms with van der Waals surface area (Å²) in [6.07, 6.45) is 7.36. The number of pyridine rings is 1. The molecule has 0 fully saturated rings. The molecule has 1 unspecified atom stereocenters. The van der Waals surface area contributed by atoms with Gasteiger partial charge < -0.3 is 9.94 Å². The van der Waals surface area contributed by atoms with Gasteiger partial charge in [0.2, 0.25) is 5.69 Å². The number of hydrogen-bond acceptors (Lipinski definition) is 7. The number of aryl methyl sites for hydroxylation is 1. The Morgan fingerprint density at radius 1 is 1.13 bits per heavy atom. The molecule has 15 heteroatoms. The minimum absolute atomic E-state index is 0.0103. The van der Waals surface area contributed by atoms with Crippen LogP contribution >= 0.6 is 11.6 Å². The molecule has 0 spiro atoms. The van der Waals surface area contributed by atoms with Crippen molar-refractivity contribution in [2.45, 2.75) is 19.1 Å². The van der Waals surface area contributed by atoms with Crippen molar-refractivity contribution in [3.05, 3.63) is 83.2 Å². The van der Waals surface area contributed by atoms with Crippen LogP contribution in [0.1, 0.15) is 18.2 Å². The first-order chi connectivity index (χ1) is 18.3. The molecule has 0 aliphatic carbocycles. The van der Waals surface area contributed by atoms with Crippen LogP contribution in [0.4, 0.5) is 13.2 Å². The van der Waals surface area contributed by atoms with Crippen molar-refractivity contribution in [1.82, 2.24) is 39.8 Å². The first kappa shape index (κ1) is 25.4. The van der Waals surface area contributed by atoms with Gasteiger partial charge in [-0.2, -0.15) is 28.4 Å². The minimum Gasteiger partial charge on any atom is -0.618 e. The van der Waals surface area contributed by atoms with Gasteiger partial charge in [-0.1, -0.05) is 11.6 Å². The van der Waals surface area contributed by atoms with Crippen LogP contribution in [0.3, 0.4) is 0 Å². The molecule has 196 valence electrons. The average molecular weight is 546 g/mol. The molecule has 5 aromatic rings. The van der Waals surface area contributed by atoms with Gasteiger partial charge in [-0.05, 0) is 34.7 Å². The maximum atomic E-state index is 15.2. The third kappa shape index (κ3) is 4.95. The monoisotopic (exact) mass is 545 g/mol. The lowest BCUT2D eigenvalue weighted by atomic mass is 10.0. The summed E-state index contributed by atoms with van der Waals surface area (Å²) in [6.45, 7) is -3.30. The van der Waals surface area contributed by atoms with E-state index < -0.39 is 18.5 Å². The number of halogens is 4. The van der Waals surface area contributed by atoms with Crippen molar-refractivity contribution in [2.75, 3.05) is 6.61 Å². The van der Waals surface area contributed by atoms with Crippen LogP contribution in [0.2, 0.25) is 5.02 Å². The van der Waals surface area contributed by atoms with E-state index in [1.54, 1.807) is 36.4 Å². The number of rotatable bonds is 9. The maximum Gasteiger partial charge on any atom is 0.345 e. The van der Waals surface area contributed by atoms with Crippen LogP contribution < -0.4 is 4.73 Å². The highest BCUT2D eigenvalue weighted by molar-refractivity contribution is 6.31. The number of hydrogen-bond donors (Lipinski definition) is 0. The molecule has 0 saturated carbocycles. The Morgan fingerprint density at radius 3 is 2.66 bits per heavy atom. The van der Waals surface area contributed by atoms with E-state index >= 15 is 4.39 Å². The highest BCUT2D eigenvalue weighted by atomic mass is 35.5. The molecule has 4 aromatic heterocycles. The van der Waals surface area contributed by atoms with Crippen LogP contribution in [0.5, 0.6) is 0 Å². The summed E-state index contributed by atoms with van der Waals surface area (Å²) in [5.74, 6) is -0.762. The van der Waals surface area contributed by atoms with Gasteiger partial charge in [-0.15, -0.1) is 5.10 Å². The smallest absolute Gasteiger partial charge is 0.345 e. The van der Waals surface area contributed by atoms with Crippen LogP contribution in [0, 0.1) is 11.0 Å². The Balaban J connectivity index is 1.55. The Hall–Kier alpha value is -4.30. The van der Waals surface area contributed by atoms with Gasteiger partial charge in [0.05, 0.1) is 40.3 Å². The molecule has 0 radical (unpaired) electrons. The summed E-state index contributed by atoms with van der Waals surface area (Å²) in [6, 6.07) is 6.90. The second kappa shape index (κ2) is 10.6. The van der Waals surface area contributed by atoms with Crippen LogP contribution in [0.25, 0.3) is 28.1 Å². The topological polar surface area (TPSA) is 115 Å². The zero-order valence-electron chi connectivity index (χ0n) is 19.7. The molecule has 0 saturated heterocycles. The quantitative estimate of drug-likeness (QED) is 0.205. The zero-order valence-corrected chi connectivity index (χ0v) is 20.5. The van der Waals surface area contributed by atoms with Crippen LogP contribution in [-0.2, 0) is 11.8 Å². The van der Waals surface area contributed by atoms with Crippen molar-refractivity contribution in [1.29, 1.82) is 0 Å². The number of alkyl halides is 2. The molecule has 0 aliphatic rings. The van der Waals surface area contributed by atoms with Crippen molar-refractivity contribution in [2.24, 2.45) is 7.05 Å². The van der Waals surface area contributed by atoms with Gasteiger partial charge >= 0.3 is 6.61 Å². The standard InChI is InChI=1S/C23H19ClF3N9O2/c1-33-17(6-8-29-33)15-10-30-34(11-15)18(7-9-38-23(26)27)19-4-2-14(12-36(19)37)21-20(35-13-28-31-32-35)5-3-16(24)22(21)25/h2-6,8,10-13,18,23H,7,9H2,1H3. The lowest BCUT2D eigenvalue weighted by Gasteiger charge is -2.18. The summed E-state index contributed by atoms with van der Waals surface area (Å²) in [5.41, 5.74) is 2.14. The fourth-order valence-electron chi connectivity index (χ4n) is 4.16. The fraction of sp³-hybridized carbons (Fsp3) is 0.217. The van der Waals surface area contributed by atoms with Gasteiger partial charge in [0.15, 0.2) is 12.0 Å². The van der Waals surface area contributed by atoms with Crippen LogP contribution in [0.15, 0.2) is 61.4 Å². The molecule has 1 atom stereocenters. The molecule has 0 amide bonds. The van der Waals surface area contributed by atoms with Gasteiger partial charge in [0.1, 0.15) is 12.4 Å². The van der Waals surface area contributed by atoms with Crippen molar-refractivity contribution in [3.8, 4) is 28.1 Å². The second-order valence-corrected chi connectivity index (χ2v) is 8.57. The second-order valence-electron chi connectivity index (χ2n) is 8.16. The van der Waals surface area contributed by atoms with E-state index in [9.17, 15) is 14.0 Å². The van der Waals surface area contributed by atoms with E-state index in [2.05, 4.69) is 30.5 Å². The van der Waals surface area contributed by atoms with E-state index in [1.165, 1.54) is 46.2 Å². The molecule has 0 N–H and O–H groups in total. The van der Waals surface area contributed by atoms with Crippen molar-refractivity contribution < 1.29 is 22.6 Å². The molecule has 38 heavy (non-hydrogen) atoms. The van der Waals surface area contributed by atoms with E-state index in [1.807, 2.05) is 0 Å². The number of ether oxygens (including phenoxy) is 1. The summed E-state index contributed by atoms with van der Waals surface area (Å²) in [7, 11) is 1.77. The van der Waals surface area contributed by atoms with Crippen molar-refractivity contribution >= 4 is 11.6 Å². The Bertz CT molecular complexity index is 1560. The summed E-state index contributed by atoms with van der Waals surface area (Å²) >= 11 is 6.02. The third-order valence-electron chi connectivity index (χ3n) is 5.92. The number of tetrazole rings is 1. The maximum absolute atomic E-state index is 15.2. The van der Waals surface area contributed by atoms with Crippen LogP contribution in [-0.4, -0.2) is 53.0 Å². The Labute approximate surface area is 218 Å². The summed E-state index contributed by atoms with van der Waals surface area (Å²) < 4.78 is 49.9. The van der Waals surface area contributed by atoms with E-state index in [0.29, 0.717) is 10.3 Å². The Kier molecular flexibility index (Phi) is 7.07. The number of aromatic nitrogens is 9. The highest BCUT2D eigenvalue weighted by Crippen LogP contribution is 2.33. The highest BCUT2D eigenvalue weighted by Gasteiger charge is 2.26. The van der Waals surface area contributed by atoms with Crippen molar-refractivity contribution in [3.63, 3.8) is 0 Å². The van der Waals surface area contributed by atoms with E-state index in [4.69, 9.17) is 11.6 Å². The van der Waals surface area contributed by atoms with Gasteiger partial charge in [0.25, 0.3) is 0 Å². The van der Waals surface area contributed by atoms with E-state index in [-0.39, 0.29) is 40.6 Å². The SMILES string of the molecule is Cn1nccc1-c1cnn(C(CCOC(F)F)c2ccc(-c3c(-n4cnnn4)ccc(Cl)c3F)c[n+]2[O-])c1. The molecule has 0 aliphatic heterocycles.